The lowest BCUT2D eigenvalue weighted by atomic mass is 9.91. The van der Waals surface area contributed by atoms with Crippen LogP contribution in [-0.2, 0) is 12.8 Å². The summed E-state index contributed by atoms with van der Waals surface area (Å²) in [5.41, 5.74) is 1.54. The van der Waals surface area contributed by atoms with Crippen molar-refractivity contribution in [3.8, 4) is 0 Å². The Kier molecular flexibility index (Phi) is 5.04. The monoisotopic (exact) mass is 317 g/mol. The lowest BCUT2D eigenvalue weighted by Gasteiger charge is -2.24. The van der Waals surface area contributed by atoms with E-state index in [9.17, 15) is 0 Å². The van der Waals surface area contributed by atoms with Crippen molar-refractivity contribution in [3.63, 3.8) is 0 Å². The van der Waals surface area contributed by atoms with Crippen molar-refractivity contribution in [2.45, 2.75) is 43.5 Å². The van der Waals surface area contributed by atoms with Gasteiger partial charge in [0.15, 0.2) is 0 Å². The average Bonchev–Trinajstić information content (AvgIpc) is 3.13. The minimum absolute atomic E-state index is 0.550. The molecule has 0 saturated carbocycles. The van der Waals surface area contributed by atoms with Crippen molar-refractivity contribution in [1.29, 1.82) is 0 Å². The second-order valence-electron chi connectivity index (χ2n) is 5.55. The summed E-state index contributed by atoms with van der Waals surface area (Å²) < 4.78 is 0. The molecule has 1 nitrogen and oxygen atoms in total. The molecule has 1 N–H and O–H groups in total. The molecule has 0 saturated heterocycles. The highest BCUT2D eigenvalue weighted by atomic mass is 32.2. The van der Waals surface area contributed by atoms with Crippen LogP contribution in [0.1, 0.15) is 35.1 Å². The third-order valence-corrected chi connectivity index (χ3v) is 6.64. The normalized spacial score (nSPS) is 18.7. The SMILES string of the molecule is CCNC(Cc1ccc(CC)s1)C1CSc2ccccc21. The zero-order chi connectivity index (χ0) is 14.7. The highest BCUT2D eigenvalue weighted by Gasteiger charge is 2.30. The second kappa shape index (κ2) is 6.99. The summed E-state index contributed by atoms with van der Waals surface area (Å²) in [6.07, 6.45) is 2.30. The van der Waals surface area contributed by atoms with Gasteiger partial charge in [-0.2, -0.15) is 0 Å². The van der Waals surface area contributed by atoms with Gasteiger partial charge in [0.05, 0.1) is 0 Å². The minimum Gasteiger partial charge on any atom is -0.313 e. The first-order chi connectivity index (χ1) is 10.3. The van der Waals surface area contributed by atoms with Gasteiger partial charge < -0.3 is 5.32 Å². The summed E-state index contributed by atoms with van der Waals surface area (Å²) in [6, 6.07) is 14.1. The first-order valence-electron chi connectivity index (χ1n) is 7.84. The minimum atomic E-state index is 0.550. The van der Waals surface area contributed by atoms with Crippen LogP contribution in [-0.4, -0.2) is 18.3 Å². The highest BCUT2D eigenvalue weighted by Crippen LogP contribution is 2.41. The summed E-state index contributed by atoms with van der Waals surface area (Å²) >= 11 is 3.99. The van der Waals surface area contributed by atoms with Crippen molar-refractivity contribution in [2.75, 3.05) is 12.3 Å². The van der Waals surface area contributed by atoms with E-state index in [1.54, 1.807) is 5.56 Å². The summed E-state index contributed by atoms with van der Waals surface area (Å²) in [5, 5.41) is 3.73. The number of likely N-dealkylation sites (N-methyl/N-ethyl adjacent to an activating group) is 1. The van der Waals surface area contributed by atoms with Gasteiger partial charge >= 0.3 is 0 Å². The molecule has 0 bridgehead atoms. The first-order valence-corrected chi connectivity index (χ1v) is 9.64. The Hall–Kier alpha value is -0.770. The Labute approximate surface area is 136 Å². The molecule has 112 valence electrons. The molecular formula is C18H23NS2. The van der Waals surface area contributed by atoms with Crippen molar-refractivity contribution < 1.29 is 0 Å². The summed E-state index contributed by atoms with van der Waals surface area (Å²) in [5.74, 6) is 1.85. The van der Waals surface area contributed by atoms with Gasteiger partial charge in [0.25, 0.3) is 0 Å². The fraction of sp³-hybridized carbons (Fsp3) is 0.444. The van der Waals surface area contributed by atoms with Crippen LogP contribution in [0.4, 0.5) is 0 Å². The molecule has 1 aliphatic heterocycles. The number of hydrogen-bond acceptors (Lipinski definition) is 3. The number of hydrogen-bond donors (Lipinski definition) is 1. The van der Waals surface area contributed by atoms with Crippen molar-refractivity contribution in [1.82, 2.24) is 5.32 Å². The molecule has 2 atom stereocenters. The van der Waals surface area contributed by atoms with E-state index in [4.69, 9.17) is 0 Å². The van der Waals surface area contributed by atoms with Crippen LogP contribution in [0, 0.1) is 0 Å². The maximum atomic E-state index is 3.73. The lowest BCUT2D eigenvalue weighted by molar-refractivity contribution is 0.465. The molecule has 21 heavy (non-hydrogen) atoms. The van der Waals surface area contributed by atoms with Crippen molar-refractivity contribution in [3.05, 3.63) is 51.7 Å². The van der Waals surface area contributed by atoms with E-state index in [0.29, 0.717) is 12.0 Å². The summed E-state index contributed by atoms with van der Waals surface area (Å²) in [6.45, 7) is 5.49. The highest BCUT2D eigenvalue weighted by molar-refractivity contribution is 7.99. The Bertz CT molecular complexity index is 590. The quantitative estimate of drug-likeness (QED) is 0.827. The first kappa shape index (κ1) is 15.1. The number of thioether (sulfide) groups is 1. The second-order valence-corrected chi connectivity index (χ2v) is 7.86. The van der Waals surface area contributed by atoms with E-state index in [1.165, 1.54) is 20.4 Å². The molecular weight excluding hydrogens is 294 g/mol. The smallest absolute Gasteiger partial charge is 0.0192 e. The van der Waals surface area contributed by atoms with Crippen molar-refractivity contribution >= 4 is 23.1 Å². The van der Waals surface area contributed by atoms with Crippen LogP contribution in [0.3, 0.4) is 0 Å². The standard InChI is InChI=1S/C18H23NS2/c1-3-13-9-10-14(21-13)11-17(19-4-2)16-12-20-18-8-6-5-7-15(16)18/h5-10,16-17,19H,3-4,11-12H2,1-2H3. The number of thiophene rings is 1. The van der Waals surface area contributed by atoms with Crippen LogP contribution in [0.25, 0.3) is 0 Å². The fourth-order valence-electron chi connectivity index (χ4n) is 3.08. The molecule has 3 rings (SSSR count). The molecule has 2 unspecified atom stereocenters. The number of aryl methyl sites for hydroxylation is 1. The topological polar surface area (TPSA) is 12.0 Å². The van der Waals surface area contributed by atoms with Crippen molar-refractivity contribution in [2.24, 2.45) is 0 Å². The zero-order valence-electron chi connectivity index (χ0n) is 12.8. The maximum Gasteiger partial charge on any atom is 0.0192 e. The fourth-order valence-corrected chi connectivity index (χ4v) is 5.43. The predicted octanol–water partition coefficient (Wildman–Crippen LogP) is 4.72. The van der Waals surface area contributed by atoms with Crippen LogP contribution in [0.2, 0.25) is 0 Å². The molecule has 1 aliphatic rings. The van der Waals surface area contributed by atoms with Gasteiger partial charge in [0.2, 0.25) is 0 Å². The van der Waals surface area contributed by atoms with E-state index in [-0.39, 0.29) is 0 Å². The van der Waals surface area contributed by atoms with E-state index in [2.05, 4.69) is 55.6 Å². The molecule has 1 aromatic heterocycles. The molecule has 3 heteroatoms. The molecule has 0 spiro atoms. The van der Waals surface area contributed by atoms with Crippen LogP contribution in [0.5, 0.6) is 0 Å². The van der Waals surface area contributed by atoms with Gasteiger partial charge in [0, 0.05) is 32.4 Å². The number of rotatable bonds is 6. The van der Waals surface area contributed by atoms with Gasteiger partial charge in [0.1, 0.15) is 0 Å². The Morgan fingerprint density at radius 3 is 2.71 bits per heavy atom. The van der Waals surface area contributed by atoms with E-state index >= 15 is 0 Å². The molecule has 0 fully saturated rings. The molecule has 0 radical (unpaired) electrons. The number of benzene rings is 1. The Morgan fingerprint density at radius 2 is 1.95 bits per heavy atom. The molecule has 1 aromatic carbocycles. The largest absolute Gasteiger partial charge is 0.313 e. The Balaban J connectivity index is 1.79. The van der Waals surface area contributed by atoms with Gasteiger partial charge in [-0.1, -0.05) is 32.0 Å². The number of fused-ring (bicyclic) bond motifs is 1. The summed E-state index contributed by atoms with van der Waals surface area (Å²) in [4.78, 5) is 4.50. The van der Waals surface area contributed by atoms with Gasteiger partial charge in [-0.15, -0.1) is 23.1 Å². The van der Waals surface area contributed by atoms with Gasteiger partial charge in [-0.05, 0) is 43.1 Å². The van der Waals surface area contributed by atoms with E-state index in [1.807, 2.05) is 23.1 Å². The van der Waals surface area contributed by atoms with Crippen LogP contribution >= 0.6 is 23.1 Å². The third kappa shape index (κ3) is 3.36. The van der Waals surface area contributed by atoms with E-state index in [0.717, 1.165) is 19.4 Å². The molecule has 2 aromatic rings. The van der Waals surface area contributed by atoms with Gasteiger partial charge in [-0.25, -0.2) is 0 Å². The summed E-state index contributed by atoms with van der Waals surface area (Å²) in [7, 11) is 0. The molecule has 0 amide bonds. The average molecular weight is 318 g/mol. The molecule has 0 aliphatic carbocycles. The van der Waals surface area contributed by atoms with Crippen LogP contribution in [0.15, 0.2) is 41.3 Å². The third-order valence-electron chi connectivity index (χ3n) is 4.18. The van der Waals surface area contributed by atoms with Gasteiger partial charge in [-0.3, -0.25) is 0 Å². The van der Waals surface area contributed by atoms with E-state index < -0.39 is 0 Å². The Morgan fingerprint density at radius 1 is 1.14 bits per heavy atom. The lowest BCUT2D eigenvalue weighted by Crippen LogP contribution is -2.36. The number of nitrogens with one attached hydrogen (secondary N) is 1. The predicted molar refractivity (Wildman–Crippen MR) is 94.8 cm³/mol. The van der Waals surface area contributed by atoms with Crippen LogP contribution < -0.4 is 5.32 Å². The maximum absolute atomic E-state index is 3.73. The zero-order valence-corrected chi connectivity index (χ0v) is 14.4. The molecule has 2 heterocycles.